The Morgan fingerprint density at radius 3 is 2.65 bits per heavy atom. The van der Waals surface area contributed by atoms with E-state index in [-0.39, 0.29) is 40.4 Å². The molecular weight excluding hydrogens is 556 g/mol. The molecule has 214 valence electrons. The highest BCUT2D eigenvalue weighted by molar-refractivity contribution is 7.92. The number of nitrogens with zero attached hydrogens (tertiary/aromatic N) is 3. The molecule has 0 saturated heterocycles. The molecule has 0 saturated carbocycles. The van der Waals surface area contributed by atoms with Crippen LogP contribution >= 0.6 is 0 Å². The van der Waals surface area contributed by atoms with Gasteiger partial charge in [0.2, 0.25) is 10.0 Å². The molecule has 0 fully saturated rings. The summed E-state index contributed by atoms with van der Waals surface area (Å²) in [4.78, 5) is 16.4. The third kappa shape index (κ3) is 5.79. The highest BCUT2D eigenvalue weighted by Gasteiger charge is 2.46. The number of carbonyl (C=O) groups excluding carboxylic acids is 1. The van der Waals surface area contributed by atoms with Crippen LogP contribution in [0.5, 0.6) is 0 Å². The number of para-hydroxylation sites is 1. The van der Waals surface area contributed by atoms with Crippen LogP contribution in [0.2, 0.25) is 0 Å². The number of H-pyrrole nitrogens is 1. The molecule has 0 spiro atoms. The summed E-state index contributed by atoms with van der Waals surface area (Å²) in [5.74, 6) is -3.54. The van der Waals surface area contributed by atoms with Gasteiger partial charge < -0.3 is 16.2 Å². The molecule has 0 aliphatic heterocycles. The monoisotopic (exact) mass is 582 g/mol. The number of hydrogen-bond donors (Lipinski definition) is 4. The number of hydrogen-bond acceptors (Lipinski definition) is 7. The Kier molecular flexibility index (Phi) is 7.64. The number of halogens is 4. The lowest BCUT2D eigenvalue weighted by atomic mass is 9.78. The summed E-state index contributed by atoms with van der Waals surface area (Å²) in [7, 11) is -2.21. The van der Waals surface area contributed by atoms with Gasteiger partial charge >= 0.3 is 6.18 Å². The average molecular weight is 583 g/mol. The van der Waals surface area contributed by atoms with E-state index in [0.29, 0.717) is 11.3 Å². The summed E-state index contributed by atoms with van der Waals surface area (Å²) in [6, 6.07) is 7.83. The fourth-order valence-electron chi connectivity index (χ4n) is 4.54. The summed E-state index contributed by atoms with van der Waals surface area (Å²) < 4.78 is 80.4. The number of aromatic amines is 1. The first kappa shape index (κ1) is 29.0. The van der Waals surface area contributed by atoms with E-state index in [4.69, 9.17) is 5.73 Å². The normalized spacial score (nSPS) is 19.5. The van der Waals surface area contributed by atoms with Crippen LogP contribution in [0.1, 0.15) is 41.0 Å². The molecule has 0 bridgehead atoms. The predicted octanol–water partition coefficient (Wildman–Crippen LogP) is 3.65. The third-order valence-corrected chi connectivity index (χ3v) is 8.32. The Morgan fingerprint density at radius 2 is 2.00 bits per heavy atom. The second kappa shape index (κ2) is 10.5. The Hall–Kier alpha value is -3.98. The number of aromatic nitrogens is 3. The van der Waals surface area contributed by atoms with Gasteiger partial charge in [0.25, 0.3) is 5.91 Å². The van der Waals surface area contributed by atoms with E-state index in [2.05, 4.69) is 20.5 Å². The molecule has 1 aliphatic carbocycles. The Balaban J connectivity index is 1.81. The molecule has 1 aliphatic rings. The maximum absolute atomic E-state index is 14.2. The Labute approximate surface area is 226 Å². The van der Waals surface area contributed by atoms with Crippen molar-refractivity contribution in [3.05, 3.63) is 71.3 Å². The van der Waals surface area contributed by atoms with Crippen LogP contribution in [0.25, 0.3) is 10.9 Å². The van der Waals surface area contributed by atoms with Crippen LogP contribution in [-0.2, 0) is 16.6 Å². The first-order valence-electron chi connectivity index (χ1n) is 12.0. The maximum Gasteiger partial charge on any atom is 0.392 e. The van der Waals surface area contributed by atoms with E-state index in [0.717, 1.165) is 22.5 Å². The number of allylic oxidation sites excluding steroid dienone is 2. The van der Waals surface area contributed by atoms with E-state index in [1.54, 1.807) is 24.3 Å². The van der Waals surface area contributed by atoms with Crippen LogP contribution in [0, 0.1) is 0 Å². The first-order chi connectivity index (χ1) is 18.6. The highest BCUT2D eigenvalue weighted by atomic mass is 32.2. The summed E-state index contributed by atoms with van der Waals surface area (Å²) >= 11 is 0. The minimum absolute atomic E-state index is 0.0454. The number of aliphatic hydroxyl groups is 1. The van der Waals surface area contributed by atoms with E-state index in [1.807, 2.05) is 0 Å². The van der Waals surface area contributed by atoms with Gasteiger partial charge in [0.05, 0.1) is 40.4 Å². The smallest absolute Gasteiger partial charge is 0.384 e. The quantitative estimate of drug-likeness (QED) is 0.281. The molecule has 2 heterocycles. The molecule has 0 radical (unpaired) electrons. The SMILES string of the molecule is CCS(=O)(=O)N(C)c1ccccc1CNc1nc(C2C=C(F)C=CC2(O)CC(F)(F)F)cc2[nH]nc(C(N)=O)c12. The molecule has 1 amide bonds. The van der Waals surface area contributed by atoms with Gasteiger partial charge in [0, 0.05) is 13.6 Å². The van der Waals surface area contributed by atoms with Crippen molar-refractivity contribution in [2.45, 2.75) is 37.6 Å². The van der Waals surface area contributed by atoms with Crippen molar-refractivity contribution in [3.8, 4) is 0 Å². The van der Waals surface area contributed by atoms with Crippen LogP contribution in [0.15, 0.2) is 54.4 Å². The molecule has 15 heteroatoms. The number of nitrogens with one attached hydrogen (secondary N) is 2. The van der Waals surface area contributed by atoms with Gasteiger partial charge in [0.1, 0.15) is 17.2 Å². The second-order valence-corrected chi connectivity index (χ2v) is 11.5. The summed E-state index contributed by atoms with van der Waals surface area (Å²) in [5, 5.41) is 20.5. The summed E-state index contributed by atoms with van der Waals surface area (Å²) in [5.41, 5.74) is 3.53. The molecule has 2 atom stereocenters. The summed E-state index contributed by atoms with van der Waals surface area (Å²) in [6.07, 6.45) is -4.14. The van der Waals surface area contributed by atoms with Gasteiger partial charge in [-0.15, -0.1) is 0 Å². The number of benzene rings is 1. The zero-order chi connectivity index (χ0) is 29.5. The minimum Gasteiger partial charge on any atom is -0.384 e. The average Bonchev–Trinajstić information content (AvgIpc) is 3.32. The van der Waals surface area contributed by atoms with Gasteiger partial charge in [-0.2, -0.15) is 18.3 Å². The lowest BCUT2D eigenvalue weighted by Gasteiger charge is -2.34. The molecule has 3 aromatic rings. The minimum atomic E-state index is -4.79. The molecular formula is C25H26F4N6O4S. The van der Waals surface area contributed by atoms with Crippen molar-refractivity contribution in [2.75, 3.05) is 22.4 Å². The number of alkyl halides is 3. The van der Waals surface area contributed by atoms with Gasteiger partial charge in [0.15, 0.2) is 5.69 Å². The topological polar surface area (TPSA) is 154 Å². The van der Waals surface area contributed by atoms with Crippen molar-refractivity contribution >= 4 is 38.3 Å². The van der Waals surface area contributed by atoms with E-state index in [9.17, 15) is 35.9 Å². The molecule has 2 aromatic heterocycles. The van der Waals surface area contributed by atoms with Gasteiger partial charge in [-0.1, -0.05) is 18.2 Å². The van der Waals surface area contributed by atoms with Crippen molar-refractivity contribution < 1.29 is 35.9 Å². The molecule has 1 aromatic carbocycles. The van der Waals surface area contributed by atoms with E-state index >= 15 is 0 Å². The number of primary amides is 1. The highest BCUT2D eigenvalue weighted by Crippen LogP contribution is 2.43. The van der Waals surface area contributed by atoms with Crippen LogP contribution < -0.4 is 15.4 Å². The van der Waals surface area contributed by atoms with Crippen LogP contribution in [0.3, 0.4) is 0 Å². The van der Waals surface area contributed by atoms with E-state index in [1.165, 1.54) is 20.0 Å². The van der Waals surface area contributed by atoms with Crippen molar-refractivity contribution in [1.82, 2.24) is 15.2 Å². The Bertz CT molecular complexity index is 1620. The fraction of sp³-hybridized carbons (Fsp3) is 0.320. The lowest BCUT2D eigenvalue weighted by molar-refractivity contribution is -0.169. The number of rotatable bonds is 9. The predicted molar refractivity (Wildman–Crippen MR) is 141 cm³/mol. The van der Waals surface area contributed by atoms with Crippen molar-refractivity contribution in [2.24, 2.45) is 5.73 Å². The fourth-order valence-corrected chi connectivity index (χ4v) is 5.40. The molecule has 40 heavy (non-hydrogen) atoms. The molecule has 4 rings (SSSR count). The lowest BCUT2D eigenvalue weighted by Crippen LogP contribution is -2.40. The number of nitrogens with two attached hydrogens (primary N) is 1. The third-order valence-electron chi connectivity index (χ3n) is 6.55. The van der Waals surface area contributed by atoms with Crippen LogP contribution in [-0.4, -0.2) is 59.2 Å². The number of carbonyl (C=O) groups is 1. The van der Waals surface area contributed by atoms with Crippen molar-refractivity contribution in [1.29, 1.82) is 0 Å². The van der Waals surface area contributed by atoms with Gasteiger partial charge in [-0.05, 0) is 42.8 Å². The number of amides is 1. The Morgan fingerprint density at radius 1 is 1.30 bits per heavy atom. The van der Waals surface area contributed by atoms with E-state index < -0.39 is 45.9 Å². The van der Waals surface area contributed by atoms with Gasteiger partial charge in [-0.25, -0.2) is 17.8 Å². The second-order valence-electron chi connectivity index (χ2n) is 9.25. The molecule has 5 N–H and O–H groups in total. The molecule has 2 unspecified atom stereocenters. The number of pyridine rings is 1. The van der Waals surface area contributed by atoms with Crippen LogP contribution in [0.4, 0.5) is 29.1 Å². The number of sulfonamides is 1. The standard InChI is InChI=1S/C25H26F4N6O4S/c1-3-40(38,39)35(2)19-7-5-4-6-14(19)12-31-23-20-18(33-34-21(20)22(30)36)11-17(32-23)16-10-15(26)8-9-24(16,37)13-25(27,28)29/h4-11,16,37H,3,12-13H2,1-2H3,(H2,30,36)(H,31,32)(H,33,34). The van der Waals surface area contributed by atoms with Crippen molar-refractivity contribution in [3.63, 3.8) is 0 Å². The largest absolute Gasteiger partial charge is 0.392 e. The maximum atomic E-state index is 14.2. The summed E-state index contributed by atoms with van der Waals surface area (Å²) in [6.45, 7) is 1.46. The number of fused-ring (bicyclic) bond motifs is 1. The molecule has 10 nitrogen and oxygen atoms in total. The zero-order valence-corrected chi connectivity index (χ0v) is 22.1. The number of anilines is 2. The zero-order valence-electron chi connectivity index (χ0n) is 21.3. The first-order valence-corrected chi connectivity index (χ1v) is 13.6. The van der Waals surface area contributed by atoms with Gasteiger partial charge in [-0.3, -0.25) is 14.2 Å².